The molecule has 0 atom stereocenters. The molecular formula is C16H15ClN4O6S. The summed E-state index contributed by atoms with van der Waals surface area (Å²) in [6.45, 7) is -0.628. The molecule has 28 heavy (non-hydrogen) atoms. The number of hydrogen-bond acceptors (Lipinski definition) is 7. The van der Waals surface area contributed by atoms with Crippen molar-refractivity contribution < 1.29 is 23.0 Å². The van der Waals surface area contributed by atoms with Gasteiger partial charge in [0.15, 0.2) is 5.84 Å². The van der Waals surface area contributed by atoms with Crippen molar-refractivity contribution in [1.29, 1.82) is 0 Å². The molecule has 0 spiro atoms. The average molecular weight is 427 g/mol. The molecule has 148 valence electrons. The van der Waals surface area contributed by atoms with Gasteiger partial charge < -0.3 is 10.6 Å². The zero-order valence-corrected chi connectivity index (χ0v) is 16.1. The summed E-state index contributed by atoms with van der Waals surface area (Å²) >= 11 is 5.73. The number of sulfonamides is 1. The predicted molar refractivity (Wildman–Crippen MR) is 101 cm³/mol. The summed E-state index contributed by atoms with van der Waals surface area (Å²) in [4.78, 5) is 26.6. The molecule has 0 fully saturated rings. The van der Waals surface area contributed by atoms with E-state index in [0.29, 0.717) is 5.02 Å². The average Bonchev–Trinajstić information content (AvgIpc) is 2.66. The Labute approximate surface area is 165 Å². The number of amidine groups is 1. The maximum atomic E-state index is 12.4. The van der Waals surface area contributed by atoms with Crippen LogP contribution in [0.4, 0.5) is 5.69 Å². The minimum atomic E-state index is -3.94. The van der Waals surface area contributed by atoms with E-state index in [0.717, 1.165) is 10.4 Å². The van der Waals surface area contributed by atoms with Crippen LogP contribution in [0.1, 0.15) is 5.56 Å². The fourth-order valence-electron chi connectivity index (χ4n) is 2.01. The van der Waals surface area contributed by atoms with E-state index in [1.54, 1.807) is 0 Å². The molecule has 0 aliphatic carbocycles. The van der Waals surface area contributed by atoms with Crippen molar-refractivity contribution >= 4 is 39.1 Å². The molecule has 0 bridgehead atoms. The fraction of sp³-hybridized carbons (Fsp3) is 0.125. The molecule has 0 radical (unpaired) electrons. The van der Waals surface area contributed by atoms with Crippen molar-refractivity contribution in [2.75, 3.05) is 13.6 Å². The van der Waals surface area contributed by atoms with E-state index in [4.69, 9.17) is 17.3 Å². The van der Waals surface area contributed by atoms with Gasteiger partial charge in [0.2, 0.25) is 10.0 Å². The maximum absolute atomic E-state index is 12.4. The Kier molecular flexibility index (Phi) is 6.67. The number of carbonyl (C=O) groups excluding carboxylic acids is 1. The molecule has 0 heterocycles. The van der Waals surface area contributed by atoms with Gasteiger partial charge in [0, 0.05) is 29.8 Å². The summed E-state index contributed by atoms with van der Waals surface area (Å²) in [5.41, 5.74) is 5.60. The molecular weight excluding hydrogens is 412 g/mol. The van der Waals surface area contributed by atoms with Crippen LogP contribution in [0.2, 0.25) is 5.02 Å². The Hall–Kier alpha value is -3.02. The number of nitrogens with zero attached hydrogens (tertiary/aromatic N) is 3. The van der Waals surface area contributed by atoms with Gasteiger partial charge >= 0.3 is 5.97 Å². The number of hydrogen-bond donors (Lipinski definition) is 1. The molecule has 0 aromatic heterocycles. The third-order valence-electron chi connectivity index (χ3n) is 3.47. The Bertz CT molecular complexity index is 1020. The normalized spacial score (nSPS) is 12.0. The number of benzene rings is 2. The van der Waals surface area contributed by atoms with Crippen LogP contribution < -0.4 is 5.73 Å². The van der Waals surface area contributed by atoms with Crippen LogP contribution in [-0.4, -0.2) is 43.0 Å². The number of rotatable bonds is 7. The molecule has 2 aromatic rings. The smallest absolute Gasteiger partial charge is 0.350 e. The van der Waals surface area contributed by atoms with E-state index in [1.165, 1.54) is 49.5 Å². The van der Waals surface area contributed by atoms with E-state index in [-0.39, 0.29) is 22.0 Å². The van der Waals surface area contributed by atoms with Crippen LogP contribution >= 0.6 is 11.6 Å². The van der Waals surface area contributed by atoms with Crippen LogP contribution in [0.15, 0.2) is 58.6 Å². The molecule has 2 aromatic carbocycles. The van der Waals surface area contributed by atoms with Crippen LogP contribution in [0.25, 0.3) is 0 Å². The molecule has 12 heteroatoms. The van der Waals surface area contributed by atoms with Gasteiger partial charge in [-0.3, -0.25) is 10.1 Å². The first-order chi connectivity index (χ1) is 13.1. The Balaban J connectivity index is 2.04. The lowest BCUT2D eigenvalue weighted by Gasteiger charge is -2.15. The van der Waals surface area contributed by atoms with Crippen LogP contribution in [-0.2, 0) is 19.7 Å². The van der Waals surface area contributed by atoms with Gasteiger partial charge in [0.25, 0.3) is 5.69 Å². The van der Waals surface area contributed by atoms with Crippen LogP contribution in [0.5, 0.6) is 0 Å². The predicted octanol–water partition coefficient (Wildman–Crippen LogP) is 1.73. The van der Waals surface area contributed by atoms with Crippen molar-refractivity contribution in [3.8, 4) is 0 Å². The molecule has 0 saturated heterocycles. The highest BCUT2D eigenvalue weighted by molar-refractivity contribution is 7.89. The van der Waals surface area contributed by atoms with Crippen molar-refractivity contribution in [2.45, 2.75) is 4.90 Å². The summed E-state index contributed by atoms with van der Waals surface area (Å²) in [6.07, 6.45) is 0. The zero-order chi connectivity index (χ0) is 20.9. The quantitative estimate of drug-likeness (QED) is 0.233. The maximum Gasteiger partial charge on any atom is 0.350 e. The minimum Gasteiger partial charge on any atom is -0.380 e. The summed E-state index contributed by atoms with van der Waals surface area (Å²) in [7, 11) is -2.74. The van der Waals surface area contributed by atoms with E-state index in [2.05, 4.69) is 9.99 Å². The SMILES string of the molecule is CN(CC(=O)O/N=C(/N)c1cccc([N+](=O)[O-])c1)S(=O)(=O)c1ccc(Cl)cc1. The summed E-state index contributed by atoms with van der Waals surface area (Å²) < 4.78 is 25.6. The van der Waals surface area contributed by atoms with Gasteiger partial charge in [-0.05, 0) is 24.3 Å². The van der Waals surface area contributed by atoms with E-state index in [9.17, 15) is 23.3 Å². The Morgan fingerprint density at radius 2 is 1.93 bits per heavy atom. The van der Waals surface area contributed by atoms with Crippen molar-refractivity contribution in [1.82, 2.24) is 4.31 Å². The molecule has 2 N–H and O–H groups in total. The lowest BCUT2D eigenvalue weighted by molar-refractivity contribution is -0.384. The third-order valence-corrected chi connectivity index (χ3v) is 5.54. The van der Waals surface area contributed by atoms with Gasteiger partial charge in [-0.1, -0.05) is 28.9 Å². The molecule has 0 saturated carbocycles. The number of oxime groups is 1. The van der Waals surface area contributed by atoms with Crippen LogP contribution in [0.3, 0.4) is 0 Å². The Morgan fingerprint density at radius 3 is 2.54 bits per heavy atom. The largest absolute Gasteiger partial charge is 0.380 e. The molecule has 0 aliphatic heterocycles. The lowest BCUT2D eigenvalue weighted by atomic mass is 10.2. The van der Waals surface area contributed by atoms with Crippen LogP contribution in [0, 0.1) is 10.1 Å². The number of carbonyl (C=O) groups is 1. The van der Waals surface area contributed by atoms with E-state index >= 15 is 0 Å². The molecule has 10 nitrogen and oxygen atoms in total. The number of halogens is 1. The summed E-state index contributed by atoms with van der Waals surface area (Å²) in [6, 6.07) is 10.7. The van der Waals surface area contributed by atoms with E-state index in [1.807, 2.05) is 0 Å². The number of likely N-dealkylation sites (N-methyl/N-ethyl adjacent to an activating group) is 1. The number of nitro benzene ring substituents is 1. The minimum absolute atomic E-state index is 0.0492. The van der Waals surface area contributed by atoms with Crippen molar-refractivity contribution in [2.24, 2.45) is 10.9 Å². The first kappa shape index (κ1) is 21.3. The van der Waals surface area contributed by atoms with Crippen molar-refractivity contribution in [3.05, 3.63) is 69.2 Å². The van der Waals surface area contributed by atoms with E-state index < -0.39 is 27.5 Å². The van der Waals surface area contributed by atoms with Gasteiger partial charge in [-0.25, -0.2) is 13.2 Å². The molecule has 0 aliphatic rings. The molecule has 0 unspecified atom stereocenters. The summed E-state index contributed by atoms with van der Waals surface area (Å²) in [5.74, 6) is -1.27. The highest BCUT2D eigenvalue weighted by atomic mass is 35.5. The topological polar surface area (TPSA) is 145 Å². The highest BCUT2D eigenvalue weighted by Crippen LogP contribution is 2.17. The number of nitro groups is 1. The lowest BCUT2D eigenvalue weighted by Crippen LogP contribution is -2.32. The van der Waals surface area contributed by atoms with Gasteiger partial charge in [0.1, 0.15) is 6.54 Å². The summed E-state index contributed by atoms with van der Waals surface area (Å²) in [5, 5.41) is 14.5. The van der Waals surface area contributed by atoms with Crippen molar-refractivity contribution in [3.63, 3.8) is 0 Å². The second-order valence-corrected chi connectivity index (χ2v) is 7.94. The van der Waals surface area contributed by atoms with Gasteiger partial charge in [-0.2, -0.15) is 4.31 Å². The number of non-ortho nitro benzene ring substituents is 1. The second kappa shape index (κ2) is 8.78. The molecule has 2 rings (SSSR count). The first-order valence-electron chi connectivity index (χ1n) is 7.61. The highest BCUT2D eigenvalue weighted by Gasteiger charge is 2.23. The third kappa shape index (κ3) is 5.25. The fourth-order valence-corrected chi connectivity index (χ4v) is 3.26. The second-order valence-electron chi connectivity index (χ2n) is 5.46. The standard InChI is InChI=1S/C16H15ClN4O6S/c1-20(28(25,26)14-7-5-12(17)6-8-14)10-15(22)27-19-16(18)11-3-2-4-13(9-11)21(23)24/h2-9H,10H2,1H3,(H2,18,19). The number of nitrogens with two attached hydrogens (primary N) is 1. The first-order valence-corrected chi connectivity index (χ1v) is 9.43. The van der Waals surface area contributed by atoms with Gasteiger partial charge in [-0.15, -0.1) is 0 Å². The van der Waals surface area contributed by atoms with Gasteiger partial charge in [0.05, 0.1) is 9.82 Å². The molecule has 0 amide bonds. The Morgan fingerprint density at radius 1 is 1.29 bits per heavy atom. The zero-order valence-electron chi connectivity index (χ0n) is 14.5. The monoisotopic (exact) mass is 426 g/mol.